The lowest BCUT2D eigenvalue weighted by Crippen LogP contribution is -2.41. The zero-order valence-electron chi connectivity index (χ0n) is 10.8. The van der Waals surface area contributed by atoms with Crippen molar-refractivity contribution in [1.29, 1.82) is 0 Å². The first kappa shape index (κ1) is 13.0. The SMILES string of the molecule is CC1CC(N2CCCC2)CC(C)(C)C1.N. The van der Waals surface area contributed by atoms with E-state index in [0.717, 1.165) is 12.0 Å². The highest BCUT2D eigenvalue weighted by molar-refractivity contribution is 4.89. The Labute approximate surface area is 95.0 Å². The first-order valence-corrected chi connectivity index (χ1v) is 6.31. The lowest BCUT2D eigenvalue weighted by Gasteiger charge is -2.42. The van der Waals surface area contributed by atoms with Gasteiger partial charge in [0, 0.05) is 6.04 Å². The molecule has 2 atom stereocenters. The van der Waals surface area contributed by atoms with E-state index in [-0.39, 0.29) is 6.15 Å². The van der Waals surface area contributed by atoms with E-state index in [0.29, 0.717) is 5.41 Å². The molecule has 2 nitrogen and oxygen atoms in total. The standard InChI is InChI=1S/C13H25N.H3N/c1-11-8-12(10-13(2,3)9-11)14-6-4-5-7-14;/h11-12H,4-10H2,1-3H3;1H3. The van der Waals surface area contributed by atoms with Crippen LogP contribution in [0.15, 0.2) is 0 Å². The van der Waals surface area contributed by atoms with E-state index in [9.17, 15) is 0 Å². The van der Waals surface area contributed by atoms with Crippen LogP contribution in [0, 0.1) is 11.3 Å². The Kier molecular flexibility index (Phi) is 4.19. The summed E-state index contributed by atoms with van der Waals surface area (Å²) < 4.78 is 0. The van der Waals surface area contributed by atoms with Crippen molar-refractivity contribution in [3.05, 3.63) is 0 Å². The third-order valence-corrected chi connectivity index (χ3v) is 4.02. The van der Waals surface area contributed by atoms with Gasteiger partial charge in [0.1, 0.15) is 0 Å². The van der Waals surface area contributed by atoms with E-state index in [4.69, 9.17) is 0 Å². The normalized spacial score (nSPS) is 36.2. The molecule has 0 bridgehead atoms. The van der Waals surface area contributed by atoms with Crippen LogP contribution >= 0.6 is 0 Å². The highest BCUT2D eigenvalue weighted by Crippen LogP contribution is 2.40. The van der Waals surface area contributed by atoms with Crippen molar-refractivity contribution in [1.82, 2.24) is 11.1 Å². The highest BCUT2D eigenvalue weighted by atomic mass is 15.2. The molecule has 2 aliphatic rings. The van der Waals surface area contributed by atoms with Crippen molar-refractivity contribution in [2.75, 3.05) is 13.1 Å². The quantitative estimate of drug-likeness (QED) is 0.723. The Morgan fingerprint density at radius 3 is 2.20 bits per heavy atom. The topological polar surface area (TPSA) is 38.2 Å². The first-order valence-electron chi connectivity index (χ1n) is 6.31. The molecule has 15 heavy (non-hydrogen) atoms. The van der Waals surface area contributed by atoms with E-state index in [1.54, 1.807) is 0 Å². The molecule has 1 aliphatic heterocycles. The van der Waals surface area contributed by atoms with Crippen LogP contribution in [-0.4, -0.2) is 24.0 Å². The van der Waals surface area contributed by atoms with Gasteiger partial charge in [-0.3, -0.25) is 0 Å². The van der Waals surface area contributed by atoms with Crippen LogP contribution in [0.3, 0.4) is 0 Å². The Morgan fingerprint density at radius 2 is 1.67 bits per heavy atom. The molecule has 0 aromatic rings. The van der Waals surface area contributed by atoms with E-state index in [1.165, 1.54) is 45.2 Å². The van der Waals surface area contributed by atoms with Gasteiger partial charge >= 0.3 is 0 Å². The van der Waals surface area contributed by atoms with Crippen molar-refractivity contribution >= 4 is 0 Å². The molecule has 0 aromatic heterocycles. The summed E-state index contributed by atoms with van der Waals surface area (Å²) in [5.74, 6) is 0.935. The lowest BCUT2D eigenvalue weighted by atomic mass is 9.70. The van der Waals surface area contributed by atoms with Gasteiger partial charge in [-0.2, -0.15) is 0 Å². The maximum absolute atomic E-state index is 2.75. The second-order valence-electron chi connectivity index (χ2n) is 6.31. The summed E-state index contributed by atoms with van der Waals surface area (Å²) in [6.07, 6.45) is 7.18. The molecule has 1 aliphatic carbocycles. The molecule has 90 valence electrons. The van der Waals surface area contributed by atoms with Crippen LogP contribution in [-0.2, 0) is 0 Å². The van der Waals surface area contributed by atoms with Gasteiger partial charge in [0.25, 0.3) is 0 Å². The van der Waals surface area contributed by atoms with Crippen LogP contribution in [0.1, 0.15) is 52.9 Å². The predicted octanol–water partition coefficient (Wildman–Crippen LogP) is 3.46. The molecule has 0 amide bonds. The number of hydrogen-bond acceptors (Lipinski definition) is 2. The monoisotopic (exact) mass is 212 g/mol. The van der Waals surface area contributed by atoms with Crippen molar-refractivity contribution in [2.45, 2.75) is 58.9 Å². The smallest absolute Gasteiger partial charge is 0.0103 e. The van der Waals surface area contributed by atoms with Gasteiger partial charge in [-0.05, 0) is 56.5 Å². The van der Waals surface area contributed by atoms with Crippen molar-refractivity contribution < 1.29 is 0 Å². The van der Waals surface area contributed by atoms with E-state index >= 15 is 0 Å². The van der Waals surface area contributed by atoms with Gasteiger partial charge in [0.05, 0.1) is 0 Å². The summed E-state index contributed by atoms with van der Waals surface area (Å²) in [5.41, 5.74) is 0.588. The van der Waals surface area contributed by atoms with E-state index in [2.05, 4.69) is 25.7 Å². The molecule has 2 rings (SSSR count). The van der Waals surface area contributed by atoms with Gasteiger partial charge in [-0.1, -0.05) is 20.8 Å². The molecular weight excluding hydrogens is 184 g/mol. The van der Waals surface area contributed by atoms with E-state index in [1.807, 2.05) is 0 Å². The summed E-state index contributed by atoms with van der Waals surface area (Å²) in [4.78, 5) is 2.75. The van der Waals surface area contributed by atoms with Crippen LogP contribution in [0.5, 0.6) is 0 Å². The molecule has 2 fully saturated rings. The Hall–Kier alpha value is -0.0800. The average Bonchev–Trinajstić information content (AvgIpc) is 2.51. The summed E-state index contributed by atoms with van der Waals surface area (Å²) in [6.45, 7) is 10.1. The third-order valence-electron chi connectivity index (χ3n) is 4.02. The Bertz CT molecular complexity index is 195. The fourth-order valence-corrected chi connectivity index (χ4v) is 3.68. The van der Waals surface area contributed by atoms with Gasteiger partial charge < -0.3 is 11.1 Å². The Balaban J connectivity index is 0.00000112. The second-order valence-corrected chi connectivity index (χ2v) is 6.31. The molecule has 2 unspecified atom stereocenters. The first-order chi connectivity index (χ1) is 6.57. The fraction of sp³-hybridized carbons (Fsp3) is 1.00. The second kappa shape index (κ2) is 4.84. The van der Waals surface area contributed by atoms with Crippen LogP contribution in [0.4, 0.5) is 0 Å². The molecule has 0 aromatic carbocycles. The maximum Gasteiger partial charge on any atom is 0.0103 e. The van der Waals surface area contributed by atoms with Gasteiger partial charge in [-0.15, -0.1) is 0 Å². The summed E-state index contributed by atoms with van der Waals surface area (Å²) in [6, 6.07) is 0.899. The minimum atomic E-state index is 0. The minimum absolute atomic E-state index is 0. The zero-order chi connectivity index (χ0) is 10.2. The van der Waals surface area contributed by atoms with Crippen molar-refractivity contribution in [3.63, 3.8) is 0 Å². The van der Waals surface area contributed by atoms with Gasteiger partial charge in [-0.25, -0.2) is 0 Å². The predicted molar refractivity (Wildman–Crippen MR) is 66.4 cm³/mol. The zero-order valence-corrected chi connectivity index (χ0v) is 10.8. The highest BCUT2D eigenvalue weighted by Gasteiger charge is 2.35. The van der Waals surface area contributed by atoms with Crippen LogP contribution in [0.25, 0.3) is 0 Å². The average molecular weight is 212 g/mol. The minimum Gasteiger partial charge on any atom is -0.344 e. The molecular formula is C13H28N2. The molecule has 1 saturated heterocycles. The third kappa shape index (κ3) is 3.18. The number of hydrogen-bond donors (Lipinski definition) is 1. The Morgan fingerprint density at radius 1 is 1.07 bits per heavy atom. The van der Waals surface area contributed by atoms with Crippen LogP contribution < -0.4 is 6.15 Å². The molecule has 1 saturated carbocycles. The maximum atomic E-state index is 2.75. The number of nitrogens with zero attached hydrogens (tertiary/aromatic N) is 1. The van der Waals surface area contributed by atoms with Gasteiger partial charge in [0.15, 0.2) is 0 Å². The molecule has 0 radical (unpaired) electrons. The van der Waals surface area contributed by atoms with Crippen LogP contribution in [0.2, 0.25) is 0 Å². The molecule has 1 heterocycles. The summed E-state index contributed by atoms with van der Waals surface area (Å²) in [7, 11) is 0. The molecule has 0 spiro atoms. The number of rotatable bonds is 1. The van der Waals surface area contributed by atoms with Gasteiger partial charge in [0.2, 0.25) is 0 Å². The van der Waals surface area contributed by atoms with Crippen molar-refractivity contribution in [2.24, 2.45) is 11.3 Å². The summed E-state index contributed by atoms with van der Waals surface area (Å²) in [5, 5.41) is 0. The largest absolute Gasteiger partial charge is 0.344 e. The lowest BCUT2D eigenvalue weighted by molar-refractivity contribution is 0.0819. The van der Waals surface area contributed by atoms with E-state index < -0.39 is 0 Å². The fourth-order valence-electron chi connectivity index (χ4n) is 3.68. The number of likely N-dealkylation sites (tertiary alicyclic amines) is 1. The molecule has 3 N–H and O–H groups in total. The molecule has 2 heteroatoms. The van der Waals surface area contributed by atoms with Crippen molar-refractivity contribution in [3.8, 4) is 0 Å². The summed E-state index contributed by atoms with van der Waals surface area (Å²) >= 11 is 0.